The third-order valence-electron chi connectivity index (χ3n) is 2.61. The summed E-state index contributed by atoms with van der Waals surface area (Å²) in [6.07, 6.45) is 3.65. The van der Waals surface area contributed by atoms with Crippen molar-refractivity contribution in [2.75, 3.05) is 12.4 Å². The number of ether oxygens (including phenoxy) is 1. The Morgan fingerprint density at radius 2 is 2.30 bits per heavy atom. The molecular weight excluding hydrogens is 276 g/mol. The van der Waals surface area contributed by atoms with Gasteiger partial charge in [-0.3, -0.25) is 10.2 Å². The van der Waals surface area contributed by atoms with Crippen molar-refractivity contribution in [2.45, 2.75) is 5.16 Å². The molecule has 1 aromatic carbocycles. The molecule has 20 heavy (non-hydrogen) atoms. The minimum atomic E-state index is -0.364. The minimum Gasteiger partial charge on any atom is -0.492 e. The molecular formula is C13H16N4O2S. The third kappa shape index (κ3) is 3.52. The predicted molar refractivity (Wildman–Crippen MR) is 77.5 cm³/mol. The zero-order valence-corrected chi connectivity index (χ0v) is 11.9. The maximum atomic E-state index is 11.6. The molecule has 3 N–H and O–H groups in total. The lowest BCUT2D eigenvalue weighted by Gasteiger charge is -2.10. The van der Waals surface area contributed by atoms with Crippen molar-refractivity contribution >= 4 is 17.7 Å². The molecule has 0 aliphatic carbocycles. The first-order valence-electron chi connectivity index (χ1n) is 6.05. The summed E-state index contributed by atoms with van der Waals surface area (Å²) in [4.78, 5) is 15.8. The van der Waals surface area contributed by atoms with Gasteiger partial charge in [-0.15, -0.1) is 0 Å². The molecule has 1 heterocycles. The lowest BCUT2D eigenvalue weighted by Crippen LogP contribution is -2.30. The Morgan fingerprint density at radius 3 is 3.00 bits per heavy atom. The molecule has 6 nitrogen and oxygen atoms in total. The van der Waals surface area contributed by atoms with Crippen LogP contribution < -0.4 is 16.0 Å². The zero-order valence-electron chi connectivity index (χ0n) is 11.1. The molecule has 1 aromatic heterocycles. The van der Waals surface area contributed by atoms with Gasteiger partial charge in [0.05, 0.1) is 12.2 Å². The molecule has 1 amide bonds. The average Bonchev–Trinajstić information content (AvgIpc) is 2.88. The fraction of sp³-hybridized carbons (Fsp3) is 0.231. The lowest BCUT2D eigenvalue weighted by molar-refractivity contribution is 0.0950. The van der Waals surface area contributed by atoms with E-state index in [4.69, 9.17) is 10.6 Å². The van der Waals surface area contributed by atoms with Crippen molar-refractivity contribution in [2.24, 2.45) is 12.9 Å². The number of nitrogens with zero attached hydrogens (tertiary/aromatic N) is 2. The van der Waals surface area contributed by atoms with Gasteiger partial charge in [0.25, 0.3) is 5.91 Å². The number of imidazole rings is 1. The largest absolute Gasteiger partial charge is 0.492 e. The third-order valence-corrected chi connectivity index (χ3v) is 3.63. The summed E-state index contributed by atoms with van der Waals surface area (Å²) in [6, 6.07) is 6.99. The smallest absolute Gasteiger partial charge is 0.268 e. The van der Waals surface area contributed by atoms with Crippen molar-refractivity contribution < 1.29 is 9.53 Å². The fourth-order valence-electron chi connectivity index (χ4n) is 1.63. The molecule has 0 unspecified atom stereocenters. The Hall–Kier alpha value is -1.99. The summed E-state index contributed by atoms with van der Waals surface area (Å²) in [5, 5.41) is 0.932. The number of carbonyl (C=O) groups is 1. The van der Waals surface area contributed by atoms with E-state index in [2.05, 4.69) is 10.4 Å². The molecule has 0 saturated heterocycles. The van der Waals surface area contributed by atoms with Crippen molar-refractivity contribution in [3.8, 4) is 5.75 Å². The molecule has 0 atom stereocenters. The number of nitrogens with one attached hydrogen (secondary N) is 1. The van der Waals surface area contributed by atoms with Gasteiger partial charge in [0.1, 0.15) is 5.75 Å². The highest BCUT2D eigenvalue weighted by Gasteiger charge is 2.10. The summed E-state index contributed by atoms with van der Waals surface area (Å²) in [5.74, 6) is 6.04. The number of rotatable bonds is 6. The van der Waals surface area contributed by atoms with Crippen molar-refractivity contribution in [1.29, 1.82) is 0 Å². The summed E-state index contributed by atoms with van der Waals surface area (Å²) < 4.78 is 7.57. The molecule has 106 valence electrons. The SMILES string of the molecule is Cn1ccnc1SCCOc1ccccc1C(=O)NN. The maximum absolute atomic E-state index is 11.6. The van der Waals surface area contributed by atoms with Crippen molar-refractivity contribution in [3.63, 3.8) is 0 Å². The van der Waals surface area contributed by atoms with Gasteiger partial charge < -0.3 is 9.30 Å². The Labute approximate surface area is 121 Å². The van der Waals surface area contributed by atoms with Crippen LogP contribution in [0.15, 0.2) is 41.8 Å². The Bertz CT molecular complexity index is 585. The number of carbonyl (C=O) groups excluding carboxylic acids is 1. The van der Waals surface area contributed by atoms with E-state index in [0.29, 0.717) is 17.9 Å². The van der Waals surface area contributed by atoms with Crippen LogP contribution in [0.5, 0.6) is 5.75 Å². The lowest BCUT2D eigenvalue weighted by atomic mass is 10.2. The topological polar surface area (TPSA) is 82.2 Å². The Kier molecular flexibility index (Phi) is 5.03. The van der Waals surface area contributed by atoms with E-state index < -0.39 is 0 Å². The first kappa shape index (κ1) is 14.4. The molecule has 0 saturated carbocycles. The highest BCUT2D eigenvalue weighted by Crippen LogP contribution is 2.19. The highest BCUT2D eigenvalue weighted by molar-refractivity contribution is 7.99. The number of benzene rings is 1. The number of aryl methyl sites for hydroxylation is 1. The molecule has 0 aliphatic rings. The van der Waals surface area contributed by atoms with E-state index in [1.807, 2.05) is 23.9 Å². The molecule has 0 bridgehead atoms. The van der Waals surface area contributed by atoms with Crippen molar-refractivity contribution in [1.82, 2.24) is 15.0 Å². The van der Waals surface area contributed by atoms with Crippen LogP contribution in [0.1, 0.15) is 10.4 Å². The summed E-state index contributed by atoms with van der Waals surface area (Å²) in [6.45, 7) is 0.479. The van der Waals surface area contributed by atoms with Gasteiger partial charge in [0.2, 0.25) is 0 Å². The van der Waals surface area contributed by atoms with Crippen LogP contribution in [-0.2, 0) is 7.05 Å². The second-order valence-electron chi connectivity index (χ2n) is 3.99. The van der Waals surface area contributed by atoms with Gasteiger partial charge in [-0.25, -0.2) is 10.8 Å². The van der Waals surface area contributed by atoms with E-state index in [0.717, 1.165) is 10.9 Å². The van der Waals surface area contributed by atoms with Gasteiger partial charge in [0, 0.05) is 25.2 Å². The molecule has 2 aromatic rings. The van der Waals surface area contributed by atoms with Gasteiger partial charge in [-0.1, -0.05) is 23.9 Å². The van der Waals surface area contributed by atoms with Crippen LogP contribution in [0, 0.1) is 0 Å². The number of hydrazine groups is 1. The van der Waals surface area contributed by atoms with E-state index in [-0.39, 0.29) is 5.91 Å². The number of para-hydroxylation sites is 1. The van der Waals surface area contributed by atoms with Crippen LogP contribution in [0.3, 0.4) is 0 Å². The van der Waals surface area contributed by atoms with Crippen LogP contribution in [0.2, 0.25) is 0 Å². The second kappa shape index (κ2) is 6.97. The first-order valence-corrected chi connectivity index (χ1v) is 7.04. The van der Waals surface area contributed by atoms with Crippen LogP contribution >= 0.6 is 11.8 Å². The number of thioether (sulfide) groups is 1. The summed E-state index contributed by atoms with van der Waals surface area (Å²) in [7, 11) is 1.94. The average molecular weight is 292 g/mol. The number of nitrogens with two attached hydrogens (primary N) is 1. The van der Waals surface area contributed by atoms with E-state index in [9.17, 15) is 4.79 Å². The molecule has 0 spiro atoms. The zero-order chi connectivity index (χ0) is 14.4. The van der Waals surface area contributed by atoms with E-state index in [1.165, 1.54) is 0 Å². The van der Waals surface area contributed by atoms with Crippen LogP contribution in [0.4, 0.5) is 0 Å². The predicted octanol–water partition coefficient (Wildman–Crippen LogP) is 1.19. The molecule has 0 radical (unpaired) electrons. The number of aromatic nitrogens is 2. The number of hydrogen-bond acceptors (Lipinski definition) is 5. The Morgan fingerprint density at radius 1 is 1.50 bits per heavy atom. The number of amides is 1. The molecule has 7 heteroatoms. The van der Waals surface area contributed by atoms with Gasteiger partial charge in [-0.2, -0.15) is 0 Å². The molecule has 0 fully saturated rings. The first-order chi connectivity index (χ1) is 9.72. The summed E-state index contributed by atoms with van der Waals surface area (Å²) in [5.41, 5.74) is 2.53. The normalized spacial score (nSPS) is 10.3. The quantitative estimate of drug-likeness (QED) is 0.275. The monoisotopic (exact) mass is 292 g/mol. The fourth-order valence-corrected chi connectivity index (χ4v) is 2.38. The van der Waals surface area contributed by atoms with Crippen LogP contribution in [0.25, 0.3) is 0 Å². The van der Waals surface area contributed by atoms with Gasteiger partial charge in [0.15, 0.2) is 5.16 Å². The Balaban J connectivity index is 1.88. The highest BCUT2D eigenvalue weighted by atomic mass is 32.2. The number of hydrogen-bond donors (Lipinski definition) is 2. The molecule has 0 aliphatic heterocycles. The van der Waals surface area contributed by atoms with Gasteiger partial charge in [-0.05, 0) is 12.1 Å². The maximum Gasteiger partial charge on any atom is 0.268 e. The standard InChI is InChI=1S/C13H16N4O2S/c1-17-7-6-15-13(17)20-9-8-19-11-5-3-2-4-10(11)12(18)16-14/h2-7H,8-9,14H2,1H3,(H,16,18). The summed E-state index contributed by atoms with van der Waals surface area (Å²) >= 11 is 1.59. The van der Waals surface area contributed by atoms with Crippen LogP contribution in [-0.4, -0.2) is 27.8 Å². The van der Waals surface area contributed by atoms with E-state index >= 15 is 0 Å². The minimum absolute atomic E-state index is 0.364. The second-order valence-corrected chi connectivity index (χ2v) is 5.05. The van der Waals surface area contributed by atoms with Crippen molar-refractivity contribution in [3.05, 3.63) is 42.2 Å². The molecule has 2 rings (SSSR count). The van der Waals surface area contributed by atoms with E-state index in [1.54, 1.807) is 36.2 Å². The van der Waals surface area contributed by atoms with Gasteiger partial charge >= 0.3 is 0 Å². The number of nitrogen functional groups attached to an aromatic ring is 1.